The number of nitrogens with one attached hydrogen (secondary N) is 1. The first-order chi connectivity index (χ1) is 13.8. The number of carbonyl (C=O) groups excluding carboxylic acids is 2. The lowest BCUT2D eigenvalue weighted by Gasteiger charge is -2.17. The van der Waals surface area contributed by atoms with Crippen molar-refractivity contribution in [1.82, 2.24) is 14.5 Å². The minimum absolute atomic E-state index is 0.0212. The van der Waals surface area contributed by atoms with Gasteiger partial charge in [0.15, 0.2) is 6.23 Å². The van der Waals surface area contributed by atoms with E-state index in [4.69, 9.17) is 9.84 Å². The number of nitrogens with zero attached hydrogens (tertiary/aromatic N) is 3. The lowest BCUT2D eigenvalue weighted by Crippen LogP contribution is -2.36. The number of hydrogen-bond acceptors (Lipinski definition) is 10. The number of anilines is 1. The third-order valence-electron chi connectivity index (χ3n) is 4.28. The van der Waals surface area contributed by atoms with Crippen molar-refractivity contribution in [2.45, 2.75) is 24.5 Å². The van der Waals surface area contributed by atoms with Crippen molar-refractivity contribution in [1.29, 1.82) is 0 Å². The second-order valence-electron chi connectivity index (χ2n) is 6.11. The fraction of sp³-hybridized carbons (Fsp3) is 0.353. The molecule has 0 radical (unpaired) electrons. The van der Waals surface area contributed by atoms with Crippen LogP contribution in [0.15, 0.2) is 35.4 Å². The van der Waals surface area contributed by atoms with Crippen LogP contribution in [0.3, 0.4) is 0 Å². The van der Waals surface area contributed by atoms with Crippen LogP contribution in [0, 0.1) is 0 Å². The van der Waals surface area contributed by atoms with E-state index in [2.05, 4.69) is 20.0 Å². The Bertz CT molecular complexity index is 961. The number of aliphatic hydroxyl groups excluding tert-OH is 3. The summed E-state index contributed by atoms with van der Waals surface area (Å²) in [4.78, 5) is 43.4. The lowest BCUT2D eigenvalue weighted by atomic mass is 10.1. The number of hydrogen-bond donors (Lipinski definition) is 4. The van der Waals surface area contributed by atoms with Crippen molar-refractivity contribution >= 4 is 17.7 Å². The van der Waals surface area contributed by atoms with Crippen LogP contribution in [-0.4, -0.2) is 73.8 Å². The zero-order chi connectivity index (χ0) is 21.1. The predicted molar refractivity (Wildman–Crippen MR) is 95.0 cm³/mol. The van der Waals surface area contributed by atoms with Gasteiger partial charge in [0, 0.05) is 12.4 Å². The highest BCUT2D eigenvalue weighted by Gasteiger charge is 2.43. The molecule has 1 aliphatic heterocycles. The Morgan fingerprint density at radius 1 is 1.28 bits per heavy atom. The van der Waals surface area contributed by atoms with Crippen molar-refractivity contribution in [3.05, 3.63) is 52.3 Å². The van der Waals surface area contributed by atoms with Gasteiger partial charge in [-0.05, 0) is 18.2 Å². The van der Waals surface area contributed by atoms with E-state index in [1.54, 1.807) is 0 Å². The number of rotatable bonds is 5. The maximum Gasteiger partial charge on any atom is 0.351 e. The van der Waals surface area contributed by atoms with E-state index in [0.717, 1.165) is 4.57 Å². The zero-order valence-corrected chi connectivity index (χ0v) is 15.1. The molecule has 1 saturated heterocycles. The van der Waals surface area contributed by atoms with Crippen molar-refractivity contribution in [3.8, 4) is 0 Å². The molecule has 2 aromatic rings. The lowest BCUT2D eigenvalue weighted by molar-refractivity contribution is -0.0549. The van der Waals surface area contributed by atoms with E-state index in [1.165, 1.54) is 37.7 Å². The molecule has 3 rings (SSSR count). The van der Waals surface area contributed by atoms with Gasteiger partial charge in [-0.15, -0.1) is 0 Å². The standard InChI is InChI=1S/C17H18N4O8/c1-28-16(26)8-2-3-9(18-6-8)14(25)19-11-4-5-21(17(27)20-11)15-13(24)12(23)10(7-22)29-15/h2-6,10,12-13,15,22-24H,7H2,1H3,(H,19,20,25,27). The Balaban J connectivity index is 1.73. The summed E-state index contributed by atoms with van der Waals surface area (Å²) in [6, 6.07) is 3.96. The fourth-order valence-electron chi connectivity index (χ4n) is 2.73. The quantitative estimate of drug-likeness (QED) is 0.419. The van der Waals surface area contributed by atoms with Gasteiger partial charge in [-0.1, -0.05) is 0 Å². The van der Waals surface area contributed by atoms with Gasteiger partial charge in [-0.3, -0.25) is 14.3 Å². The number of aromatic nitrogens is 3. The normalized spacial score (nSPS) is 23.6. The number of amides is 1. The molecule has 1 fully saturated rings. The van der Waals surface area contributed by atoms with E-state index in [9.17, 15) is 24.6 Å². The third-order valence-corrected chi connectivity index (χ3v) is 4.28. The minimum atomic E-state index is -1.44. The van der Waals surface area contributed by atoms with Gasteiger partial charge < -0.3 is 30.1 Å². The zero-order valence-electron chi connectivity index (χ0n) is 15.1. The minimum Gasteiger partial charge on any atom is -0.465 e. The van der Waals surface area contributed by atoms with Crippen molar-refractivity contribution in [2.75, 3.05) is 19.0 Å². The Morgan fingerprint density at radius 3 is 2.59 bits per heavy atom. The first kappa shape index (κ1) is 20.5. The summed E-state index contributed by atoms with van der Waals surface area (Å²) in [5.74, 6) is -1.35. The monoisotopic (exact) mass is 406 g/mol. The van der Waals surface area contributed by atoms with Gasteiger partial charge in [-0.25, -0.2) is 9.59 Å². The number of carbonyl (C=O) groups is 2. The molecule has 1 amide bonds. The highest BCUT2D eigenvalue weighted by atomic mass is 16.6. The van der Waals surface area contributed by atoms with Crippen molar-refractivity contribution in [2.24, 2.45) is 0 Å². The number of ether oxygens (including phenoxy) is 2. The Labute approximate surface area is 163 Å². The van der Waals surface area contributed by atoms with Crippen molar-refractivity contribution in [3.63, 3.8) is 0 Å². The summed E-state index contributed by atoms with van der Waals surface area (Å²) in [5, 5.41) is 31.3. The molecule has 0 bridgehead atoms. The molecular weight excluding hydrogens is 388 g/mol. The summed E-state index contributed by atoms with van der Waals surface area (Å²) in [6.45, 7) is -0.535. The van der Waals surface area contributed by atoms with Crippen LogP contribution in [0.2, 0.25) is 0 Å². The van der Waals surface area contributed by atoms with Crippen molar-refractivity contribution < 1.29 is 34.4 Å². The van der Waals surface area contributed by atoms with Gasteiger partial charge in [0.2, 0.25) is 0 Å². The second kappa shape index (κ2) is 8.45. The molecule has 12 nitrogen and oxygen atoms in total. The van der Waals surface area contributed by atoms with Crippen LogP contribution < -0.4 is 11.0 Å². The smallest absolute Gasteiger partial charge is 0.351 e. The largest absolute Gasteiger partial charge is 0.465 e. The molecule has 0 saturated carbocycles. The first-order valence-electron chi connectivity index (χ1n) is 8.43. The topological polar surface area (TPSA) is 173 Å². The summed E-state index contributed by atoms with van der Waals surface area (Å²) < 4.78 is 10.7. The summed E-state index contributed by atoms with van der Waals surface area (Å²) in [5.41, 5.74) is -0.706. The highest BCUT2D eigenvalue weighted by Crippen LogP contribution is 2.28. The van der Waals surface area contributed by atoms with E-state index >= 15 is 0 Å². The summed E-state index contributed by atoms with van der Waals surface area (Å²) in [7, 11) is 1.22. The maximum absolute atomic E-state index is 12.2. The van der Waals surface area contributed by atoms with Crippen LogP contribution in [0.4, 0.5) is 5.82 Å². The molecule has 0 spiro atoms. The summed E-state index contributed by atoms with van der Waals surface area (Å²) in [6.07, 6.45) is -2.69. The van der Waals surface area contributed by atoms with E-state index < -0.39 is 48.7 Å². The van der Waals surface area contributed by atoms with Gasteiger partial charge >= 0.3 is 11.7 Å². The van der Waals surface area contributed by atoms with Gasteiger partial charge in [0.1, 0.15) is 29.8 Å². The van der Waals surface area contributed by atoms with Gasteiger partial charge in [0.05, 0.1) is 19.3 Å². The highest BCUT2D eigenvalue weighted by molar-refractivity contribution is 6.02. The fourth-order valence-corrected chi connectivity index (χ4v) is 2.73. The third kappa shape index (κ3) is 4.14. The van der Waals surface area contributed by atoms with E-state index in [1.807, 2.05) is 0 Å². The molecule has 29 heavy (non-hydrogen) atoms. The van der Waals surface area contributed by atoms with Crippen LogP contribution in [0.5, 0.6) is 0 Å². The molecule has 1 aliphatic rings. The molecule has 154 valence electrons. The Morgan fingerprint density at radius 2 is 2.03 bits per heavy atom. The first-order valence-corrected chi connectivity index (χ1v) is 8.43. The van der Waals surface area contributed by atoms with Crippen LogP contribution in [0.25, 0.3) is 0 Å². The Hall–Kier alpha value is -3.19. The van der Waals surface area contributed by atoms with E-state index in [-0.39, 0.29) is 17.1 Å². The Kier molecular flexibility index (Phi) is 5.98. The molecule has 0 aliphatic carbocycles. The number of methoxy groups -OCH3 is 1. The number of esters is 1. The average Bonchev–Trinajstić information content (AvgIpc) is 3.01. The van der Waals surface area contributed by atoms with Gasteiger partial charge in [0.25, 0.3) is 5.91 Å². The molecular formula is C17H18N4O8. The molecule has 4 atom stereocenters. The maximum atomic E-state index is 12.2. The predicted octanol–water partition coefficient (Wildman–Crippen LogP) is -1.71. The molecule has 4 unspecified atom stereocenters. The summed E-state index contributed by atoms with van der Waals surface area (Å²) >= 11 is 0. The molecule has 4 N–H and O–H groups in total. The number of pyridine rings is 1. The SMILES string of the molecule is COC(=O)c1ccc(C(=O)Nc2ccn(C3OC(CO)C(O)C3O)c(=O)n2)nc1. The van der Waals surface area contributed by atoms with Crippen LogP contribution in [0.1, 0.15) is 27.1 Å². The van der Waals surface area contributed by atoms with Crippen LogP contribution in [-0.2, 0) is 9.47 Å². The molecule has 12 heteroatoms. The average molecular weight is 406 g/mol. The molecule has 2 aromatic heterocycles. The molecule has 3 heterocycles. The molecule has 0 aromatic carbocycles. The number of aliphatic hydroxyl groups is 3. The van der Waals surface area contributed by atoms with E-state index in [0.29, 0.717) is 0 Å². The van der Waals surface area contributed by atoms with Gasteiger partial charge in [-0.2, -0.15) is 4.98 Å². The van der Waals surface area contributed by atoms with Crippen LogP contribution >= 0.6 is 0 Å². The second-order valence-corrected chi connectivity index (χ2v) is 6.11.